The Balaban J connectivity index is 1.81. The van der Waals surface area contributed by atoms with Crippen molar-refractivity contribution in [2.45, 2.75) is 6.92 Å². The Hall–Kier alpha value is -2.72. The van der Waals surface area contributed by atoms with Crippen molar-refractivity contribution in [1.29, 1.82) is 0 Å². The van der Waals surface area contributed by atoms with Crippen molar-refractivity contribution in [2.75, 3.05) is 31.2 Å². The van der Waals surface area contributed by atoms with Gasteiger partial charge in [-0.05, 0) is 6.92 Å². The van der Waals surface area contributed by atoms with Crippen LogP contribution in [0.1, 0.15) is 5.56 Å². The van der Waals surface area contributed by atoms with Crippen molar-refractivity contribution >= 4 is 5.82 Å². The molecular weight excluding hydrogens is 310 g/mol. The van der Waals surface area contributed by atoms with Gasteiger partial charge in [0.2, 0.25) is 0 Å². The first-order valence-electron chi connectivity index (χ1n) is 8.64. The lowest BCUT2D eigenvalue weighted by molar-refractivity contribution is 0.122. The third kappa shape index (κ3) is 3.54. The predicted octanol–water partition coefficient (Wildman–Crippen LogP) is 3.96. The monoisotopic (exact) mass is 331 g/mol. The number of rotatable bonds is 3. The third-order valence-corrected chi connectivity index (χ3v) is 4.43. The van der Waals surface area contributed by atoms with Crippen LogP contribution in [0.4, 0.5) is 5.82 Å². The predicted molar refractivity (Wildman–Crippen MR) is 101 cm³/mol. The Morgan fingerprint density at radius 1 is 0.840 bits per heavy atom. The molecule has 4 rings (SSSR count). The van der Waals surface area contributed by atoms with Gasteiger partial charge in [0.15, 0.2) is 5.82 Å². The van der Waals surface area contributed by atoms with Crippen molar-refractivity contribution in [1.82, 2.24) is 9.97 Å². The lowest BCUT2D eigenvalue weighted by Crippen LogP contribution is -2.36. The van der Waals surface area contributed by atoms with Crippen LogP contribution in [0.15, 0.2) is 60.7 Å². The molecule has 0 aliphatic carbocycles. The maximum atomic E-state index is 5.48. The van der Waals surface area contributed by atoms with Crippen molar-refractivity contribution in [2.24, 2.45) is 0 Å². The van der Waals surface area contributed by atoms with Crippen LogP contribution in [0.3, 0.4) is 0 Å². The zero-order valence-corrected chi connectivity index (χ0v) is 14.4. The molecule has 4 nitrogen and oxygen atoms in total. The van der Waals surface area contributed by atoms with Gasteiger partial charge in [-0.15, -0.1) is 0 Å². The fourth-order valence-corrected chi connectivity index (χ4v) is 2.98. The second kappa shape index (κ2) is 7.03. The van der Waals surface area contributed by atoms with Gasteiger partial charge >= 0.3 is 0 Å². The lowest BCUT2D eigenvalue weighted by atomic mass is 10.1. The quantitative estimate of drug-likeness (QED) is 0.728. The zero-order chi connectivity index (χ0) is 17.1. The molecule has 0 radical (unpaired) electrons. The van der Waals surface area contributed by atoms with Crippen LogP contribution in [-0.4, -0.2) is 36.3 Å². The molecule has 1 aromatic heterocycles. The summed E-state index contributed by atoms with van der Waals surface area (Å²) in [5.41, 5.74) is 4.34. The summed E-state index contributed by atoms with van der Waals surface area (Å²) >= 11 is 0. The van der Waals surface area contributed by atoms with Gasteiger partial charge in [-0.2, -0.15) is 0 Å². The summed E-state index contributed by atoms with van der Waals surface area (Å²) in [4.78, 5) is 11.9. The van der Waals surface area contributed by atoms with Gasteiger partial charge in [-0.1, -0.05) is 60.2 Å². The van der Waals surface area contributed by atoms with Crippen LogP contribution >= 0.6 is 0 Å². The number of aromatic nitrogens is 2. The number of morpholine rings is 1. The molecule has 0 atom stereocenters. The molecule has 2 heterocycles. The topological polar surface area (TPSA) is 38.2 Å². The molecule has 1 saturated heterocycles. The minimum absolute atomic E-state index is 0.741. The SMILES string of the molecule is Cc1ccc(-c2cc(N3CCOCC3)nc(-c3ccccc3)n2)cc1. The summed E-state index contributed by atoms with van der Waals surface area (Å²) in [7, 11) is 0. The van der Waals surface area contributed by atoms with Crippen LogP contribution < -0.4 is 4.90 Å². The van der Waals surface area contributed by atoms with Crippen molar-refractivity contribution < 1.29 is 4.74 Å². The van der Waals surface area contributed by atoms with Gasteiger partial charge in [-0.3, -0.25) is 0 Å². The van der Waals surface area contributed by atoms with E-state index in [4.69, 9.17) is 14.7 Å². The highest BCUT2D eigenvalue weighted by atomic mass is 16.5. The van der Waals surface area contributed by atoms with E-state index >= 15 is 0 Å². The molecule has 25 heavy (non-hydrogen) atoms. The molecule has 1 aliphatic heterocycles. The van der Waals surface area contributed by atoms with E-state index in [-0.39, 0.29) is 0 Å². The summed E-state index contributed by atoms with van der Waals surface area (Å²) < 4.78 is 5.48. The fraction of sp³-hybridized carbons (Fsp3) is 0.238. The molecule has 3 aromatic rings. The van der Waals surface area contributed by atoms with Gasteiger partial charge in [0.1, 0.15) is 5.82 Å². The normalized spacial score (nSPS) is 14.5. The molecule has 2 aromatic carbocycles. The van der Waals surface area contributed by atoms with Crippen LogP contribution in [0.25, 0.3) is 22.6 Å². The lowest BCUT2D eigenvalue weighted by Gasteiger charge is -2.28. The molecular formula is C21H21N3O. The highest BCUT2D eigenvalue weighted by molar-refractivity contribution is 5.68. The molecule has 0 bridgehead atoms. The van der Waals surface area contributed by atoms with E-state index in [2.05, 4.69) is 54.3 Å². The summed E-state index contributed by atoms with van der Waals surface area (Å²) in [5.74, 6) is 1.73. The van der Waals surface area contributed by atoms with Gasteiger partial charge in [0, 0.05) is 30.3 Å². The smallest absolute Gasteiger partial charge is 0.162 e. The second-order valence-electron chi connectivity index (χ2n) is 6.27. The second-order valence-corrected chi connectivity index (χ2v) is 6.27. The number of ether oxygens (including phenoxy) is 1. The van der Waals surface area contributed by atoms with Crippen LogP contribution in [0, 0.1) is 6.92 Å². The average molecular weight is 331 g/mol. The molecule has 4 heteroatoms. The Morgan fingerprint density at radius 2 is 1.56 bits per heavy atom. The fourth-order valence-electron chi connectivity index (χ4n) is 2.98. The largest absolute Gasteiger partial charge is 0.378 e. The number of anilines is 1. The average Bonchev–Trinajstić information content (AvgIpc) is 2.69. The highest BCUT2D eigenvalue weighted by Gasteiger charge is 2.16. The Kier molecular flexibility index (Phi) is 4.44. The summed E-state index contributed by atoms with van der Waals surface area (Å²) in [5, 5.41) is 0. The summed E-state index contributed by atoms with van der Waals surface area (Å²) in [6.45, 7) is 5.30. The van der Waals surface area contributed by atoms with E-state index < -0.39 is 0 Å². The third-order valence-electron chi connectivity index (χ3n) is 4.43. The Labute approximate surface area is 148 Å². The highest BCUT2D eigenvalue weighted by Crippen LogP contribution is 2.26. The van der Waals surface area contributed by atoms with Crippen LogP contribution in [0.2, 0.25) is 0 Å². The summed E-state index contributed by atoms with van der Waals surface area (Å²) in [6, 6.07) is 20.7. The number of aryl methyl sites for hydroxylation is 1. The van der Waals surface area contributed by atoms with Crippen molar-refractivity contribution in [3.05, 3.63) is 66.2 Å². The molecule has 1 fully saturated rings. The van der Waals surface area contributed by atoms with Crippen LogP contribution in [-0.2, 0) is 4.74 Å². The van der Waals surface area contributed by atoms with Gasteiger partial charge in [0.25, 0.3) is 0 Å². The first kappa shape index (κ1) is 15.8. The maximum Gasteiger partial charge on any atom is 0.162 e. The number of nitrogens with zero attached hydrogens (tertiary/aromatic N) is 3. The van der Waals surface area contributed by atoms with E-state index in [9.17, 15) is 0 Å². The van der Waals surface area contributed by atoms with E-state index in [0.29, 0.717) is 0 Å². The minimum atomic E-state index is 0.741. The summed E-state index contributed by atoms with van der Waals surface area (Å²) in [6.07, 6.45) is 0. The van der Waals surface area contributed by atoms with Crippen LogP contribution in [0.5, 0.6) is 0 Å². The van der Waals surface area contributed by atoms with Gasteiger partial charge in [0.05, 0.1) is 18.9 Å². The molecule has 0 unspecified atom stereocenters. The van der Waals surface area contributed by atoms with Crippen molar-refractivity contribution in [3.8, 4) is 22.6 Å². The first-order valence-corrected chi connectivity index (χ1v) is 8.64. The molecule has 1 aliphatic rings. The first-order chi connectivity index (χ1) is 12.3. The number of benzene rings is 2. The minimum Gasteiger partial charge on any atom is -0.378 e. The zero-order valence-electron chi connectivity index (χ0n) is 14.4. The molecule has 126 valence electrons. The van der Waals surface area contributed by atoms with E-state index in [1.54, 1.807) is 0 Å². The van der Waals surface area contributed by atoms with E-state index in [0.717, 1.165) is 54.8 Å². The molecule has 0 spiro atoms. The van der Waals surface area contributed by atoms with Gasteiger partial charge in [-0.25, -0.2) is 9.97 Å². The standard InChI is InChI=1S/C21H21N3O/c1-16-7-9-17(10-8-16)19-15-20(24-11-13-25-14-12-24)23-21(22-19)18-5-3-2-4-6-18/h2-10,15H,11-14H2,1H3. The molecule has 0 saturated carbocycles. The van der Waals surface area contributed by atoms with Gasteiger partial charge < -0.3 is 9.64 Å². The van der Waals surface area contributed by atoms with Crippen molar-refractivity contribution in [3.63, 3.8) is 0 Å². The molecule has 0 amide bonds. The maximum absolute atomic E-state index is 5.48. The van der Waals surface area contributed by atoms with E-state index in [1.807, 2.05) is 18.2 Å². The molecule has 0 N–H and O–H groups in total. The number of hydrogen-bond acceptors (Lipinski definition) is 4. The van der Waals surface area contributed by atoms with E-state index in [1.165, 1.54) is 5.56 Å². The number of hydrogen-bond donors (Lipinski definition) is 0. The Bertz CT molecular complexity index is 841. The Morgan fingerprint density at radius 3 is 2.28 bits per heavy atom.